The maximum atomic E-state index is 12.8. The molecule has 4 nitrogen and oxygen atoms in total. The lowest BCUT2D eigenvalue weighted by Crippen LogP contribution is -2.08. The van der Waals surface area contributed by atoms with Crippen LogP contribution in [0.25, 0.3) is 16.5 Å². The van der Waals surface area contributed by atoms with Crippen LogP contribution in [0.1, 0.15) is 27.9 Å². The number of rotatable bonds is 5. The Morgan fingerprint density at radius 3 is 2.68 bits per heavy atom. The second-order valence-electron chi connectivity index (χ2n) is 3.61. The summed E-state index contributed by atoms with van der Waals surface area (Å²) < 4.78 is 38.3. The van der Waals surface area contributed by atoms with Gasteiger partial charge in [0.2, 0.25) is 0 Å². The predicted molar refractivity (Wildman–Crippen MR) is 64.5 cm³/mol. The van der Waals surface area contributed by atoms with Crippen molar-refractivity contribution in [2.75, 3.05) is 6.54 Å². The molecule has 100 valence electrons. The summed E-state index contributed by atoms with van der Waals surface area (Å²) in [6.45, 7) is 0.181. The number of azide groups is 1. The second kappa shape index (κ2) is 6.61. The first kappa shape index (κ1) is 14.8. The van der Waals surface area contributed by atoms with Crippen molar-refractivity contribution in [3.8, 4) is 0 Å². The highest BCUT2D eigenvalue weighted by Crippen LogP contribution is 2.33. The molecule has 1 aromatic carbocycles. The van der Waals surface area contributed by atoms with Crippen LogP contribution in [-0.4, -0.2) is 12.8 Å². The zero-order chi connectivity index (χ0) is 14.3. The minimum absolute atomic E-state index is 0.0287. The fourth-order valence-electron chi connectivity index (χ4n) is 1.43. The molecule has 0 saturated heterocycles. The van der Waals surface area contributed by atoms with E-state index in [1.807, 2.05) is 0 Å². The van der Waals surface area contributed by atoms with Crippen molar-refractivity contribution < 1.29 is 18.0 Å². The van der Waals surface area contributed by atoms with Crippen LogP contribution >= 0.6 is 0 Å². The standard InChI is InChI=1S/C12H10F3N3O/c13-12(14,15)11-7-9(8-19)4-5-10(11)3-1-2-6-17-18-16/h1,3-5,7-8H,2,6H2. The van der Waals surface area contributed by atoms with Gasteiger partial charge in [0.05, 0.1) is 5.56 Å². The summed E-state index contributed by atoms with van der Waals surface area (Å²) in [5.41, 5.74) is 7.12. The zero-order valence-electron chi connectivity index (χ0n) is 9.76. The molecule has 0 heterocycles. The Morgan fingerprint density at radius 1 is 1.37 bits per heavy atom. The van der Waals surface area contributed by atoms with Crippen molar-refractivity contribution >= 4 is 12.4 Å². The lowest BCUT2D eigenvalue weighted by Gasteiger charge is -2.10. The smallest absolute Gasteiger partial charge is 0.298 e. The third-order valence-corrected chi connectivity index (χ3v) is 2.28. The van der Waals surface area contributed by atoms with E-state index >= 15 is 0 Å². The summed E-state index contributed by atoms with van der Waals surface area (Å²) in [4.78, 5) is 13.0. The highest BCUT2D eigenvalue weighted by atomic mass is 19.4. The molecule has 1 aromatic rings. The minimum Gasteiger partial charge on any atom is -0.298 e. The van der Waals surface area contributed by atoms with Gasteiger partial charge in [-0.25, -0.2) is 0 Å². The van der Waals surface area contributed by atoms with Crippen molar-refractivity contribution in [2.45, 2.75) is 12.6 Å². The summed E-state index contributed by atoms with van der Waals surface area (Å²) in [7, 11) is 0. The molecule has 0 N–H and O–H groups in total. The Labute approximate surface area is 107 Å². The Bertz CT molecular complexity index is 532. The van der Waals surface area contributed by atoms with Crippen molar-refractivity contribution in [2.24, 2.45) is 5.11 Å². The predicted octanol–water partition coefficient (Wildman–Crippen LogP) is 4.23. The average Bonchev–Trinajstić information content (AvgIpc) is 2.37. The van der Waals surface area contributed by atoms with Crippen molar-refractivity contribution in [3.05, 3.63) is 51.4 Å². The van der Waals surface area contributed by atoms with E-state index in [1.165, 1.54) is 24.3 Å². The number of benzene rings is 1. The molecule has 0 fully saturated rings. The van der Waals surface area contributed by atoms with Crippen LogP contribution in [0.4, 0.5) is 13.2 Å². The molecule has 0 spiro atoms. The van der Waals surface area contributed by atoms with Gasteiger partial charge in [-0.05, 0) is 23.6 Å². The van der Waals surface area contributed by atoms with E-state index in [1.54, 1.807) is 0 Å². The van der Waals surface area contributed by atoms with Crippen LogP contribution < -0.4 is 0 Å². The number of carbonyl (C=O) groups excluding carboxylic acids is 1. The van der Waals surface area contributed by atoms with E-state index in [0.717, 1.165) is 6.07 Å². The van der Waals surface area contributed by atoms with Crippen LogP contribution in [-0.2, 0) is 6.18 Å². The first-order valence-electron chi connectivity index (χ1n) is 5.33. The van der Waals surface area contributed by atoms with Crippen LogP contribution in [0.3, 0.4) is 0 Å². The van der Waals surface area contributed by atoms with Crippen LogP contribution in [0.5, 0.6) is 0 Å². The molecular weight excluding hydrogens is 259 g/mol. The molecule has 0 aliphatic heterocycles. The Morgan fingerprint density at radius 2 is 2.11 bits per heavy atom. The van der Waals surface area contributed by atoms with Gasteiger partial charge in [0.25, 0.3) is 0 Å². The molecule has 0 radical (unpaired) electrons. The number of hydrogen-bond donors (Lipinski definition) is 0. The molecule has 0 amide bonds. The third-order valence-electron chi connectivity index (χ3n) is 2.28. The highest BCUT2D eigenvalue weighted by molar-refractivity contribution is 5.76. The molecule has 7 heteroatoms. The Kier molecular flexibility index (Phi) is 5.14. The monoisotopic (exact) mass is 269 g/mol. The molecule has 0 bridgehead atoms. The number of nitrogens with zero attached hydrogens (tertiary/aromatic N) is 3. The van der Waals surface area contributed by atoms with Gasteiger partial charge in [0.1, 0.15) is 6.29 Å². The van der Waals surface area contributed by atoms with E-state index in [2.05, 4.69) is 10.0 Å². The van der Waals surface area contributed by atoms with Crippen molar-refractivity contribution in [1.82, 2.24) is 0 Å². The zero-order valence-corrected chi connectivity index (χ0v) is 9.76. The SMILES string of the molecule is [N-]=[N+]=NCCC=Cc1ccc(C=O)cc1C(F)(F)F. The first-order valence-corrected chi connectivity index (χ1v) is 5.33. The van der Waals surface area contributed by atoms with E-state index in [0.29, 0.717) is 12.7 Å². The normalized spacial score (nSPS) is 11.3. The maximum absolute atomic E-state index is 12.8. The van der Waals surface area contributed by atoms with E-state index in [-0.39, 0.29) is 17.7 Å². The van der Waals surface area contributed by atoms with Gasteiger partial charge < -0.3 is 0 Å². The van der Waals surface area contributed by atoms with Crippen LogP contribution in [0, 0.1) is 0 Å². The molecular formula is C12H10F3N3O. The van der Waals surface area contributed by atoms with Gasteiger partial charge in [-0.15, -0.1) is 0 Å². The largest absolute Gasteiger partial charge is 0.417 e. The average molecular weight is 269 g/mol. The van der Waals surface area contributed by atoms with Gasteiger partial charge in [-0.3, -0.25) is 4.79 Å². The molecule has 0 aliphatic carbocycles. The molecule has 0 saturated carbocycles. The summed E-state index contributed by atoms with van der Waals surface area (Å²) >= 11 is 0. The van der Waals surface area contributed by atoms with Crippen molar-refractivity contribution in [1.29, 1.82) is 0 Å². The summed E-state index contributed by atoms with van der Waals surface area (Å²) in [5.74, 6) is 0. The van der Waals surface area contributed by atoms with Gasteiger partial charge in [0.15, 0.2) is 0 Å². The highest BCUT2D eigenvalue weighted by Gasteiger charge is 2.32. The summed E-state index contributed by atoms with van der Waals surface area (Å²) in [6, 6.07) is 3.35. The Balaban J connectivity index is 2.99. The Hall–Kier alpha value is -2.27. The van der Waals surface area contributed by atoms with Crippen molar-refractivity contribution in [3.63, 3.8) is 0 Å². The van der Waals surface area contributed by atoms with Gasteiger partial charge >= 0.3 is 6.18 Å². The quantitative estimate of drug-likeness (QED) is 0.259. The third kappa shape index (κ3) is 4.48. The molecule has 0 aliphatic rings. The topological polar surface area (TPSA) is 65.8 Å². The number of aldehydes is 1. The molecule has 0 unspecified atom stereocenters. The van der Waals surface area contributed by atoms with E-state index < -0.39 is 11.7 Å². The second-order valence-corrected chi connectivity index (χ2v) is 3.61. The van der Waals surface area contributed by atoms with E-state index in [4.69, 9.17) is 5.53 Å². The number of carbonyl (C=O) groups is 1. The van der Waals surface area contributed by atoms with E-state index in [9.17, 15) is 18.0 Å². The molecule has 1 rings (SSSR count). The van der Waals surface area contributed by atoms with Gasteiger partial charge in [-0.2, -0.15) is 13.2 Å². The molecule has 19 heavy (non-hydrogen) atoms. The first-order chi connectivity index (χ1) is 8.99. The van der Waals surface area contributed by atoms with Gasteiger partial charge in [0, 0.05) is 17.0 Å². The van der Waals surface area contributed by atoms with Crippen LogP contribution in [0.15, 0.2) is 29.4 Å². The maximum Gasteiger partial charge on any atom is 0.417 e. The lowest BCUT2D eigenvalue weighted by atomic mass is 10.0. The number of hydrogen-bond acceptors (Lipinski definition) is 2. The fourth-order valence-corrected chi connectivity index (χ4v) is 1.43. The number of halogens is 3. The fraction of sp³-hybridized carbons (Fsp3) is 0.250. The number of alkyl halides is 3. The minimum atomic E-state index is -4.52. The van der Waals surface area contributed by atoms with Crippen LogP contribution in [0.2, 0.25) is 0 Å². The van der Waals surface area contributed by atoms with Gasteiger partial charge in [-0.1, -0.05) is 29.4 Å². The summed E-state index contributed by atoms with van der Waals surface area (Å²) in [5, 5.41) is 3.26. The molecule has 0 atom stereocenters. The lowest BCUT2D eigenvalue weighted by molar-refractivity contribution is -0.137. The molecule has 0 aromatic heterocycles. The summed E-state index contributed by atoms with van der Waals surface area (Å²) in [6.07, 6.45) is -1.03.